The number of nitrogens with zero attached hydrogens (tertiary/aromatic N) is 3. The number of imidazole rings is 1. The number of amides is 1. The minimum Gasteiger partial charge on any atom is -0.593 e. The molecule has 194 valence electrons. The van der Waals surface area contributed by atoms with Crippen LogP contribution in [0.2, 0.25) is 0 Å². The van der Waals surface area contributed by atoms with Crippen LogP contribution in [0.1, 0.15) is 10.4 Å². The number of H-pyrrole nitrogens is 2. The lowest BCUT2D eigenvalue weighted by atomic mass is 10.0. The molecule has 0 bridgehead atoms. The zero-order chi connectivity index (χ0) is 26.1. The van der Waals surface area contributed by atoms with Gasteiger partial charge < -0.3 is 24.9 Å². The summed E-state index contributed by atoms with van der Waals surface area (Å²) in [4.78, 5) is 23.1. The Balaban J connectivity index is 1.22. The quantitative estimate of drug-likeness (QED) is 0.286. The number of ether oxygens (including phenoxy) is 2. The van der Waals surface area contributed by atoms with Gasteiger partial charge in [0.15, 0.2) is 5.82 Å². The number of hydrogen-bond acceptors (Lipinski definition) is 6. The van der Waals surface area contributed by atoms with Crippen LogP contribution in [0.25, 0.3) is 44.6 Å². The second kappa shape index (κ2) is 10.2. The maximum atomic E-state index is 12.7. The Morgan fingerprint density at radius 2 is 1.97 bits per heavy atom. The van der Waals surface area contributed by atoms with E-state index in [1.807, 2.05) is 36.4 Å². The van der Waals surface area contributed by atoms with Gasteiger partial charge in [0.2, 0.25) is 0 Å². The average molecular weight is 514 g/mol. The van der Waals surface area contributed by atoms with Gasteiger partial charge in [0.05, 0.1) is 42.9 Å². The molecule has 2 aromatic heterocycles. The van der Waals surface area contributed by atoms with Gasteiger partial charge >= 0.3 is 0 Å². The van der Waals surface area contributed by atoms with Crippen molar-refractivity contribution in [2.75, 3.05) is 46.5 Å². The molecule has 0 spiro atoms. The van der Waals surface area contributed by atoms with Crippen LogP contribution in [0, 0.1) is 0 Å². The summed E-state index contributed by atoms with van der Waals surface area (Å²) in [7, 11) is 1.60. The highest BCUT2D eigenvalue weighted by molar-refractivity contribution is 5.99. The molecule has 1 aliphatic rings. The molecule has 0 saturated carbocycles. The van der Waals surface area contributed by atoms with Crippen molar-refractivity contribution in [1.29, 1.82) is 0 Å². The van der Waals surface area contributed by atoms with E-state index in [2.05, 4.69) is 25.4 Å². The first-order chi connectivity index (χ1) is 18.6. The van der Waals surface area contributed by atoms with E-state index in [1.165, 1.54) is 0 Å². The van der Waals surface area contributed by atoms with Crippen molar-refractivity contribution in [1.82, 2.24) is 30.4 Å². The molecule has 0 radical (unpaired) electrons. The number of nitrogens with one attached hydrogen (secondary N) is 3. The third-order valence-corrected chi connectivity index (χ3v) is 6.86. The Morgan fingerprint density at radius 1 is 1.11 bits per heavy atom. The zero-order valence-electron chi connectivity index (χ0n) is 21.0. The van der Waals surface area contributed by atoms with Gasteiger partial charge in [0.1, 0.15) is 11.4 Å². The van der Waals surface area contributed by atoms with Crippen LogP contribution >= 0.6 is 0 Å². The molecule has 10 nitrogen and oxygen atoms in total. The van der Waals surface area contributed by atoms with E-state index >= 15 is 0 Å². The predicted molar refractivity (Wildman–Crippen MR) is 146 cm³/mol. The number of rotatable bonds is 7. The van der Waals surface area contributed by atoms with Crippen LogP contribution in [0.15, 0.2) is 54.6 Å². The molecule has 0 atom stereocenters. The van der Waals surface area contributed by atoms with E-state index in [1.54, 1.807) is 25.3 Å². The first-order valence-corrected chi connectivity index (χ1v) is 12.6. The summed E-state index contributed by atoms with van der Waals surface area (Å²) in [6, 6.07) is 16.8. The fourth-order valence-corrected chi connectivity index (χ4v) is 4.81. The van der Waals surface area contributed by atoms with Crippen molar-refractivity contribution in [3.05, 3.63) is 60.2 Å². The molecule has 1 fully saturated rings. The van der Waals surface area contributed by atoms with E-state index in [-0.39, 0.29) is 5.91 Å². The molecule has 5 N–H and O–H groups in total. The van der Waals surface area contributed by atoms with E-state index < -0.39 is 0 Å². The normalized spacial score (nSPS) is 14.2. The molecule has 10 heteroatoms. The topological polar surface area (TPSA) is 131 Å². The average Bonchev–Trinajstić information content (AvgIpc) is 3.56. The molecule has 1 saturated heterocycles. The second-order valence-electron chi connectivity index (χ2n) is 9.27. The van der Waals surface area contributed by atoms with E-state index in [9.17, 15) is 4.79 Å². The fourth-order valence-electron chi connectivity index (χ4n) is 4.81. The van der Waals surface area contributed by atoms with Gasteiger partial charge in [-0.25, -0.2) is 4.98 Å². The van der Waals surface area contributed by atoms with Crippen molar-refractivity contribution in [3.63, 3.8) is 0 Å². The Bertz CT molecular complexity index is 1620. The number of aromatic amines is 2. The molecule has 3 aromatic carbocycles. The second-order valence-corrected chi connectivity index (χ2v) is 9.27. The third kappa shape index (κ3) is 4.67. The molecule has 1 aliphatic heterocycles. The maximum Gasteiger partial charge on any atom is 0.257 e. The van der Waals surface area contributed by atoms with Gasteiger partial charge in [-0.15, -0.1) is 0 Å². The van der Waals surface area contributed by atoms with E-state index in [0.29, 0.717) is 35.1 Å². The lowest BCUT2D eigenvalue weighted by molar-refractivity contribution is 0.0383. The van der Waals surface area contributed by atoms with Crippen molar-refractivity contribution in [3.8, 4) is 34.1 Å². The summed E-state index contributed by atoms with van der Waals surface area (Å²) < 4.78 is 10.9. The molecule has 0 aliphatic carbocycles. The van der Waals surface area contributed by atoms with Gasteiger partial charge in [-0.1, -0.05) is 6.07 Å². The SMILES string of the molecule is COc1cc([OH2+])ccc1-c1ccc2c(-c3nc4ccc(C(=O)NCCN5CCOCC5)cc4[nH]3)n[nH]c2c1. The van der Waals surface area contributed by atoms with E-state index in [4.69, 9.17) is 19.6 Å². The van der Waals surface area contributed by atoms with Crippen LogP contribution in [-0.4, -0.2) is 82.6 Å². The minimum atomic E-state index is -0.108. The van der Waals surface area contributed by atoms with Crippen LogP contribution in [0.5, 0.6) is 11.5 Å². The van der Waals surface area contributed by atoms with Gasteiger partial charge in [0, 0.05) is 48.8 Å². The third-order valence-electron chi connectivity index (χ3n) is 6.86. The van der Waals surface area contributed by atoms with Crippen molar-refractivity contribution < 1.29 is 19.4 Å². The molecule has 38 heavy (non-hydrogen) atoms. The highest BCUT2D eigenvalue weighted by Gasteiger charge is 2.16. The number of fused-ring (bicyclic) bond motifs is 2. The number of carbonyl (C=O) groups is 1. The molecule has 3 heterocycles. The summed E-state index contributed by atoms with van der Waals surface area (Å²) in [6.45, 7) is 4.68. The van der Waals surface area contributed by atoms with Gasteiger partial charge in [-0.05, 0) is 42.0 Å². The Labute approximate surface area is 218 Å². The highest BCUT2D eigenvalue weighted by atomic mass is 16.5. The van der Waals surface area contributed by atoms with Crippen molar-refractivity contribution >= 4 is 27.8 Å². The summed E-state index contributed by atoms with van der Waals surface area (Å²) >= 11 is 0. The molecular weight excluding hydrogens is 484 g/mol. The molecule has 6 rings (SSSR count). The number of benzene rings is 3. The van der Waals surface area contributed by atoms with Crippen LogP contribution in [0.3, 0.4) is 0 Å². The fraction of sp³-hybridized carbons (Fsp3) is 0.250. The summed E-state index contributed by atoms with van der Waals surface area (Å²) in [6.07, 6.45) is 0. The minimum absolute atomic E-state index is 0.108. The van der Waals surface area contributed by atoms with E-state index in [0.717, 1.165) is 65.9 Å². The van der Waals surface area contributed by atoms with Crippen LogP contribution in [0.4, 0.5) is 0 Å². The van der Waals surface area contributed by atoms with Crippen LogP contribution < -0.4 is 10.1 Å². The summed E-state index contributed by atoms with van der Waals surface area (Å²) in [5.74, 6) is 1.56. The molecule has 5 aromatic rings. The monoisotopic (exact) mass is 513 g/mol. The highest BCUT2D eigenvalue weighted by Crippen LogP contribution is 2.35. The number of carbonyl (C=O) groups excluding carboxylic acids is 1. The van der Waals surface area contributed by atoms with Crippen molar-refractivity contribution in [2.24, 2.45) is 0 Å². The number of hydrogen-bond donors (Lipinski definition) is 3. The van der Waals surface area contributed by atoms with Crippen molar-refractivity contribution in [2.45, 2.75) is 0 Å². The first-order valence-electron chi connectivity index (χ1n) is 12.6. The van der Waals surface area contributed by atoms with Gasteiger partial charge in [-0.2, -0.15) is 5.10 Å². The van der Waals surface area contributed by atoms with Gasteiger partial charge in [-0.3, -0.25) is 14.8 Å². The largest absolute Gasteiger partial charge is 0.593 e. The maximum absolute atomic E-state index is 12.7. The molecular formula is C28H29N6O4+. The Kier molecular flexibility index (Phi) is 6.40. The summed E-state index contributed by atoms with van der Waals surface area (Å²) in [5.41, 5.74) is 5.54. The predicted octanol–water partition coefficient (Wildman–Crippen LogP) is 3.28. The standard InChI is InChI=1S/C28H28N6O4/c1-37-25-16-19(35)4-6-20(25)17-2-5-21-23(14-17)32-33-26(21)27-30-22-7-3-18(15-24(22)31-27)28(36)29-8-9-34-10-12-38-13-11-34/h2-7,14-16,35H,8-13H2,1H3,(H,29,36)(H,30,31)(H,32,33)/p+1. The van der Waals surface area contributed by atoms with Crippen LogP contribution in [-0.2, 0) is 4.74 Å². The zero-order valence-corrected chi connectivity index (χ0v) is 21.0. The lowest BCUT2D eigenvalue weighted by Crippen LogP contribution is -2.41. The molecule has 0 unspecified atom stereocenters. The Hall–Kier alpha value is -4.41. The number of morpholine rings is 1. The summed E-state index contributed by atoms with van der Waals surface area (Å²) in [5, 5.41) is 19.4. The van der Waals surface area contributed by atoms with Gasteiger partial charge in [0.25, 0.3) is 11.7 Å². The molecule has 1 amide bonds. The number of aromatic nitrogens is 4. The first kappa shape index (κ1) is 24.0. The lowest BCUT2D eigenvalue weighted by Gasteiger charge is -2.26. The number of methoxy groups -OCH3 is 1. The smallest absolute Gasteiger partial charge is 0.257 e. The Morgan fingerprint density at radius 3 is 2.82 bits per heavy atom.